The van der Waals surface area contributed by atoms with E-state index in [0.29, 0.717) is 5.69 Å². The average Bonchev–Trinajstić information content (AvgIpc) is 2.79. The second kappa shape index (κ2) is 5.97. The lowest BCUT2D eigenvalue weighted by atomic mass is 10.3. The van der Waals surface area contributed by atoms with E-state index in [1.54, 1.807) is 30.3 Å². The van der Waals surface area contributed by atoms with Crippen molar-refractivity contribution in [2.45, 2.75) is 13.0 Å². The predicted molar refractivity (Wildman–Crippen MR) is 72.5 cm³/mol. The lowest BCUT2D eigenvalue weighted by molar-refractivity contribution is 0.0998. The Balaban J connectivity index is 2.11. The molecular weight excluding hydrogens is 318 g/mol. The van der Waals surface area contributed by atoms with Crippen LogP contribution in [0.1, 0.15) is 10.5 Å². The second-order valence-electron chi connectivity index (χ2n) is 3.90. The zero-order chi connectivity index (χ0) is 13.8. The number of carbonyl (C=O) groups is 1. The number of hydrogen-bond acceptors (Lipinski definition) is 1. The van der Waals surface area contributed by atoms with Gasteiger partial charge in [-0.2, -0.15) is 0 Å². The third kappa shape index (κ3) is 3.64. The standard InChI is InChI=1S/C13H11BrF2N2O/c14-9-3-5-10(6-4-9)17-13(19)11-2-1-7-18(11)8-12(15)16/h1-7,12H,8H2,(H,17,19). The van der Waals surface area contributed by atoms with Crippen molar-refractivity contribution >= 4 is 27.5 Å². The SMILES string of the molecule is O=C(Nc1ccc(Br)cc1)c1cccn1CC(F)F. The van der Waals surface area contributed by atoms with Crippen LogP contribution in [-0.4, -0.2) is 16.9 Å². The number of anilines is 1. The number of hydrogen-bond donors (Lipinski definition) is 1. The molecule has 0 spiro atoms. The maximum atomic E-state index is 12.4. The van der Waals surface area contributed by atoms with Crippen LogP contribution in [0.4, 0.5) is 14.5 Å². The van der Waals surface area contributed by atoms with Crippen molar-refractivity contribution in [3.05, 3.63) is 52.8 Å². The van der Waals surface area contributed by atoms with Crippen molar-refractivity contribution in [3.63, 3.8) is 0 Å². The molecule has 0 saturated heterocycles. The quantitative estimate of drug-likeness (QED) is 0.910. The van der Waals surface area contributed by atoms with Gasteiger partial charge < -0.3 is 9.88 Å². The van der Waals surface area contributed by atoms with Gasteiger partial charge in [0.1, 0.15) is 5.69 Å². The Kier molecular flexibility index (Phi) is 4.31. The molecule has 19 heavy (non-hydrogen) atoms. The zero-order valence-corrected chi connectivity index (χ0v) is 11.4. The molecule has 1 amide bonds. The van der Waals surface area contributed by atoms with Crippen molar-refractivity contribution in [2.75, 3.05) is 5.32 Å². The van der Waals surface area contributed by atoms with Crippen LogP contribution >= 0.6 is 15.9 Å². The van der Waals surface area contributed by atoms with Gasteiger partial charge in [0.2, 0.25) is 0 Å². The van der Waals surface area contributed by atoms with Crippen LogP contribution in [-0.2, 0) is 6.54 Å². The maximum absolute atomic E-state index is 12.4. The molecule has 100 valence electrons. The number of nitrogens with one attached hydrogen (secondary N) is 1. The summed E-state index contributed by atoms with van der Waals surface area (Å²) < 4.78 is 26.8. The highest BCUT2D eigenvalue weighted by atomic mass is 79.9. The van der Waals surface area contributed by atoms with Crippen LogP contribution in [0.15, 0.2) is 47.1 Å². The molecule has 1 aromatic heterocycles. The van der Waals surface area contributed by atoms with Crippen molar-refractivity contribution < 1.29 is 13.6 Å². The predicted octanol–water partition coefficient (Wildman–Crippen LogP) is 3.77. The molecule has 3 nitrogen and oxygen atoms in total. The summed E-state index contributed by atoms with van der Waals surface area (Å²) >= 11 is 3.29. The molecule has 2 aromatic rings. The molecule has 0 atom stereocenters. The van der Waals surface area contributed by atoms with Crippen molar-refractivity contribution in [3.8, 4) is 0 Å². The minimum absolute atomic E-state index is 0.211. The molecule has 0 radical (unpaired) electrons. The van der Waals surface area contributed by atoms with Gasteiger partial charge in [0.15, 0.2) is 0 Å². The summed E-state index contributed by atoms with van der Waals surface area (Å²) in [6.45, 7) is -0.490. The fourth-order valence-electron chi connectivity index (χ4n) is 1.66. The number of rotatable bonds is 4. The smallest absolute Gasteiger partial charge is 0.272 e. The molecule has 2 rings (SSSR count). The monoisotopic (exact) mass is 328 g/mol. The lowest BCUT2D eigenvalue weighted by Crippen LogP contribution is -2.18. The maximum Gasteiger partial charge on any atom is 0.272 e. The van der Waals surface area contributed by atoms with E-state index in [9.17, 15) is 13.6 Å². The number of benzene rings is 1. The van der Waals surface area contributed by atoms with Gasteiger partial charge in [0.25, 0.3) is 12.3 Å². The molecule has 0 bridgehead atoms. The highest BCUT2D eigenvalue weighted by molar-refractivity contribution is 9.10. The van der Waals surface area contributed by atoms with E-state index in [-0.39, 0.29) is 5.69 Å². The van der Waals surface area contributed by atoms with Gasteiger partial charge in [-0.3, -0.25) is 4.79 Å². The number of aromatic nitrogens is 1. The van der Waals surface area contributed by atoms with Gasteiger partial charge in [0, 0.05) is 16.4 Å². The largest absolute Gasteiger partial charge is 0.338 e. The lowest BCUT2D eigenvalue weighted by Gasteiger charge is -2.09. The summed E-state index contributed by atoms with van der Waals surface area (Å²) in [4.78, 5) is 12.0. The first-order valence-electron chi connectivity index (χ1n) is 5.56. The number of amides is 1. The van der Waals surface area contributed by atoms with E-state index in [1.165, 1.54) is 16.8 Å². The fourth-order valence-corrected chi connectivity index (χ4v) is 1.92. The Bertz CT molecular complexity index is 566. The van der Waals surface area contributed by atoms with Gasteiger partial charge in [-0.15, -0.1) is 0 Å². The van der Waals surface area contributed by atoms with Crippen molar-refractivity contribution in [1.29, 1.82) is 0 Å². The Hall–Kier alpha value is -1.69. The first-order valence-corrected chi connectivity index (χ1v) is 6.36. The summed E-state index contributed by atoms with van der Waals surface area (Å²) in [5.74, 6) is -0.409. The zero-order valence-electron chi connectivity index (χ0n) is 9.82. The van der Waals surface area contributed by atoms with E-state index < -0.39 is 18.9 Å². The van der Waals surface area contributed by atoms with E-state index in [2.05, 4.69) is 21.2 Å². The molecule has 0 saturated carbocycles. The third-order valence-electron chi connectivity index (χ3n) is 2.50. The number of nitrogens with zero attached hydrogens (tertiary/aromatic N) is 1. The fraction of sp³-hybridized carbons (Fsp3) is 0.154. The number of halogens is 3. The molecule has 0 aliphatic carbocycles. The molecule has 0 aliphatic rings. The Morgan fingerprint density at radius 3 is 2.58 bits per heavy atom. The summed E-state index contributed by atoms with van der Waals surface area (Å²) in [7, 11) is 0. The Morgan fingerprint density at radius 1 is 1.26 bits per heavy atom. The number of carbonyl (C=O) groups excluding carboxylic acids is 1. The molecule has 0 unspecified atom stereocenters. The van der Waals surface area contributed by atoms with Crippen LogP contribution < -0.4 is 5.32 Å². The van der Waals surface area contributed by atoms with Crippen molar-refractivity contribution in [2.24, 2.45) is 0 Å². The minimum Gasteiger partial charge on any atom is -0.338 e. The first-order chi connectivity index (χ1) is 9.06. The molecule has 1 aromatic carbocycles. The van der Waals surface area contributed by atoms with Crippen LogP contribution in [0.5, 0.6) is 0 Å². The van der Waals surface area contributed by atoms with Gasteiger partial charge in [-0.05, 0) is 36.4 Å². The highest BCUT2D eigenvalue weighted by Crippen LogP contribution is 2.15. The highest BCUT2D eigenvalue weighted by Gasteiger charge is 2.13. The summed E-state index contributed by atoms with van der Waals surface area (Å²) in [6.07, 6.45) is -1.03. The second-order valence-corrected chi connectivity index (χ2v) is 4.81. The van der Waals surface area contributed by atoms with E-state index in [0.717, 1.165) is 4.47 Å². The molecule has 1 heterocycles. The molecule has 1 N–H and O–H groups in total. The topological polar surface area (TPSA) is 34.0 Å². The molecular formula is C13H11BrF2N2O. The van der Waals surface area contributed by atoms with Gasteiger partial charge in [-0.1, -0.05) is 15.9 Å². The van der Waals surface area contributed by atoms with E-state index >= 15 is 0 Å². The summed E-state index contributed by atoms with van der Waals surface area (Å²) in [6, 6.07) is 10.1. The van der Waals surface area contributed by atoms with Crippen LogP contribution in [0, 0.1) is 0 Å². The molecule has 0 fully saturated rings. The Morgan fingerprint density at radius 2 is 1.95 bits per heavy atom. The van der Waals surface area contributed by atoms with Crippen LogP contribution in [0.3, 0.4) is 0 Å². The van der Waals surface area contributed by atoms with Crippen LogP contribution in [0.2, 0.25) is 0 Å². The molecule has 6 heteroatoms. The van der Waals surface area contributed by atoms with Gasteiger partial charge in [0.05, 0.1) is 6.54 Å². The summed E-state index contributed by atoms with van der Waals surface area (Å²) in [5.41, 5.74) is 0.821. The van der Waals surface area contributed by atoms with Gasteiger partial charge in [-0.25, -0.2) is 8.78 Å². The number of alkyl halides is 2. The van der Waals surface area contributed by atoms with Crippen LogP contribution in [0.25, 0.3) is 0 Å². The van der Waals surface area contributed by atoms with Gasteiger partial charge >= 0.3 is 0 Å². The Labute approximate surface area is 117 Å². The average molecular weight is 329 g/mol. The van der Waals surface area contributed by atoms with Crippen molar-refractivity contribution in [1.82, 2.24) is 4.57 Å². The van der Waals surface area contributed by atoms with E-state index in [4.69, 9.17) is 0 Å². The molecule has 0 aliphatic heterocycles. The summed E-state index contributed by atoms with van der Waals surface area (Å²) in [5, 5.41) is 2.66. The first kappa shape index (κ1) is 13.7. The third-order valence-corrected chi connectivity index (χ3v) is 3.03. The minimum atomic E-state index is -2.49. The normalized spacial score (nSPS) is 10.7. The van der Waals surface area contributed by atoms with E-state index in [1.807, 2.05) is 0 Å².